The average Bonchev–Trinajstić information content (AvgIpc) is 2.81. The summed E-state index contributed by atoms with van der Waals surface area (Å²) in [7, 11) is 0. The van der Waals surface area contributed by atoms with Crippen LogP contribution in [0.2, 0.25) is 0 Å². The topological polar surface area (TPSA) is 32.3 Å². The maximum atomic E-state index is 11.0. The highest BCUT2D eigenvalue weighted by Gasteiger charge is 2.17. The Morgan fingerprint density at radius 3 is 2.83 bits per heavy atom. The third-order valence-corrected chi connectivity index (χ3v) is 3.58. The van der Waals surface area contributed by atoms with Crippen molar-refractivity contribution in [1.82, 2.24) is 4.90 Å². The molecule has 1 unspecified atom stereocenters. The van der Waals surface area contributed by atoms with Gasteiger partial charge in [0.05, 0.1) is 5.38 Å². The Kier molecular flexibility index (Phi) is 4.61. The van der Waals surface area contributed by atoms with Crippen LogP contribution in [-0.2, 0) is 4.79 Å². The van der Waals surface area contributed by atoms with Crippen molar-refractivity contribution in [1.29, 1.82) is 0 Å². The van der Waals surface area contributed by atoms with Crippen LogP contribution in [0.1, 0.15) is 30.7 Å². The Labute approximate surface area is 113 Å². The fraction of sp³-hybridized carbons (Fsp3) is 0.500. The number of amides is 1. The summed E-state index contributed by atoms with van der Waals surface area (Å²) >= 11 is 6.44. The zero-order valence-corrected chi connectivity index (χ0v) is 11.4. The molecule has 1 aliphatic rings. The van der Waals surface area contributed by atoms with Gasteiger partial charge in [0.1, 0.15) is 0 Å². The lowest BCUT2D eigenvalue weighted by Crippen LogP contribution is -2.23. The number of halogens is 1. The van der Waals surface area contributed by atoms with Crippen molar-refractivity contribution in [3.8, 4) is 0 Å². The van der Waals surface area contributed by atoms with Gasteiger partial charge in [-0.1, -0.05) is 12.1 Å². The first-order valence-corrected chi connectivity index (χ1v) is 6.83. The van der Waals surface area contributed by atoms with Gasteiger partial charge in [0.15, 0.2) is 0 Å². The molecular formula is C14H19ClN2O. The molecule has 0 aliphatic carbocycles. The summed E-state index contributed by atoms with van der Waals surface area (Å²) in [4.78, 5) is 13.4. The summed E-state index contributed by atoms with van der Waals surface area (Å²) in [5, 5.41) is 2.77. The number of hydrogen-bond acceptors (Lipinski definition) is 2. The Morgan fingerprint density at radius 2 is 2.17 bits per heavy atom. The van der Waals surface area contributed by atoms with E-state index in [0.29, 0.717) is 0 Å². The molecule has 1 aromatic rings. The summed E-state index contributed by atoms with van der Waals surface area (Å²) in [6.07, 6.45) is 2.55. The summed E-state index contributed by atoms with van der Waals surface area (Å²) in [5.74, 6) is -0.0576. The molecule has 1 aliphatic heterocycles. The standard InChI is InChI=1S/C14H19ClN2O/c1-11(18)16-13-6-4-5-12(9-13)14(15)10-17-7-2-3-8-17/h4-6,9,14H,2-3,7-8,10H2,1H3,(H,16,18). The maximum Gasteiger partial charge on any atom is 0.221 e. The first kappa shape index (κ1) is 13.4. The van der Waals surface area contributed by atoms with E-state index < -0.39 is 0 Å². The van der Waals surface area contributed by atoms with Gasteiger partial charge in [-0.3, -0.25) is 4.79 Å². The number of carbonyl (C=O) groups is 1. The van der Waals surface area contributed by atoms with Gasteiger partial charge < -0.3 is 10.2 Å². The molecule has 3 nitrogen and oxygen atoms in total. The lowest BCUT2D eigenvalue weighted by molar-refractivity contribution is -0.114. The van der Waals surface area contributed by atoms with Gasteiger partial charge in [0, 0.05) is 19.2 Å². The van der Waals surface area contributed by atoms with Gasteiger partial charge in [-0.2, -0.15) is 0 Å². The first-order chi connectivity index (χ1) is 8.65. The second kappa shape index (κ2) is 6.21. The Morgan fingerprint density at radius 1 is 1.44 bits per heavy atom. The molecule has 4 heteroatoms. The van der Waals surface area contributed by atoms with Crippen molar-refractivity contribution in [3.63, 3.8) is 0 Å². The van der Waals surface area contributed by atoms with Crippen molar-refractivity contribution in [2.24, 2.45) is 0 Å². The number of benzene rings is 1. The van der Waals surface area contributed by atoms with E-state index in [4.69, 9.17) is 11.6 Å². The van der Waals surface area contributed by atoms with Gasteiger partial charge in [-0.25, -0.2) is 0 Å². The van der Waals surface area contributed by atoms with Gasteiger partial charge >= 0.3 is 0 Å². The van der Waals surface area contributed by atoms with Crippen LogP contribution < -0.4 is 5.32 Å². The SMILES string of the molecule is CC(=O)Nc1cccc(C(Cl)CN2CCCC2)c1. The van der Waals surface area contributed by atoms with Crippen LogP contribution >= 0.6 is 11.6 Å². The predicted octanol–water partition coefficient (Wildman–Crippen LogP) is 3.02. The molecule has 1 N–H and O–H groups in total. The molecule has 2 rings (SSSR count). The first-order valence-electron chi connectivity index (χ1n) is 6.39. The second-order valence-corrected chi connectivity index (χ2v) is 5.31. The highest BCUT2D eigenvalue weighted by Crippen LogP contribution is 2.25. The lowest BCUT2D eigenvalue weighted by Gasteiger charge is -2.19. The summed E-state index contributed by atoms with van der Waals surface area (Å²) < 4.78 is 0. The second-order valence-electron chi connectivity index (χ2n) is 4.78. The summed E-state index contributed by atoms with van der Waals surface area (Å²) in [6.45, 7) is 4.68. The maximum absolute atomic E-state index is 11.0. The number of nitrogens with zero attached hydrogens (tertiary/aromatic N) is 1. The van der Waals surface area contributed by atoms with Crippen LogP contribution in [0.15, 0.2) is 24.3 Å². The minimum atomic E-state index is -0.0576. The zero-order valence-electron chi connectivity index (χ0n) is 10.7. The minimum Gasteiger partial charge on any atom is -0.326 e. The van der Waals surface area contributed by atoms with Crippen molar-refractivity contribution in [3.05, 3.63) is 29.8 Å². The Hall–Kier alpha value is -1.06. The number of hydrogen-bond donors (Lipinski definition) is 1. The third kappa shape index (κ3) is 3.72. The average molecular weight is 267 g/mol. The summed E-state index contributed by atoms with van der Waals surface area (Å²) in [6, 6.07) is 7.78. The predicted molar refractivity (Wildman–Crippen MR) is 75.0 cm³/mol. The molecule has 0 saturated carbocycles. The fourth-order valence-electron chi connectivity index (χ4n) is 2.31. The molecule has 1 aromatic carbocycles. The van der Waals surface area contributed by atoms with Gasteiger partial charge in [-0.05, 0) is 43.6 Å². The minimum absolute atomic E-state index is 0.0168. The number of likely N-dealkylation sites (tertiary alicyclic amines) is 1. The normalized spacial score (nSPS) is 17.7. The number of nitrogens with one attached hydrogen (secondary N) is 1. The van der Waals surface area contributed by atoms with Crippen molar-refractivity contribution in [2.75, 3.05) is 25.0 Å². The van der Waals surface area contributed by atoms with Crippen molar-refractivity contribution >= 4 is 23.2 Å². The summed E-state index contributed by atoms with van der Waals surface area (Å²) in [5.41, 5.74) is 1.88. The fourth-order valence-corrected chi connectivity index (χ4v) is 2.64. The largest absolute Gasteiger partial charge is 0.326 e. The van der Waals surface area contributed by atoms with Crippen LogP contribution in [-0.4, -0.2) is 30.4 Å². The van der Waals surface area contributed by atoms with Gasteiger partial charge in [-0.15, -0.1) is 11.6 Å². The Balaban J connectivity index is 2.00. The number of rotatable bonds is 4. The van der Waals surface area contributed by atoms with E-state index in [1.54, 1.807) is 0 Å². The van der Waals surface area contributed by atoms with E-state index in [-0.39, 0.29) is 11.3 Å². The smallest absolute Gasteiger partial charge is 0.221 e. The number of anilines is 1. The third-order valence-electron chi connectivity index (χ3n) is 3.19. The lowest BCUT2D eigenvalue weighted by atomic mass is 10.1. The van der Waals surface area contributed by atoms with E-state index in [9.17, 15) is 4.79 Å². The van der Waals surface area contributed by atoms with Gasteiger partial charge in [0.25, 0.3) is 0 Å². The quantitative estimate of drug-likeness (QED) is 0.850. The molecule has 1 heterocycles. The highest BCUT2D eigenvalue weighted by atomic mass is 35.5. The van der Waals surface area contributed by atoms with Crippen LogP contribution in [0.4, 0.5) is 5.69 Å². The van der Waals surface area contributed by atoms with Crippen LogP contribution in [0, 0.1) is 0 Å². The van der Waals surface area contributed by atoms with E-state index in [2.05, 4.69) is 10.2 Å². The van der Waals surface area contributed by atoms with E-state index in [0.717, 1.165) is 30.9 Å². The molecular weight excluding hydrogens is 248 g/mol. The highest BCUT2D eigenvalue weighted by molar-refractivity contribution is 6.21. The van der Waals surface area contributed by atoms with Gasteiger partial charge in [0.2, 0.25) is 5.91 Å². The van der Waals surface area contributed by atoms with Crippen LogP contribution in [0.3, 0.4) is 0 Å². The number of carbonyl (C=O) groups excluding carboxylic acids is 1. The van der Waals surface area contributed by atoms with Crippen LogP contribution in [0.25, 0.3) is 0 Å². The van der Waals surface area contributed by atoms with Crippen molar-refractivity contribution in [2.45, 2.75) is 25.1 Å². The van der Waals surface area contributed by atoms with Crippen molar-refractivity contribution < 1.29 is 4.79 Å². The van der Waals surface area contributed by atoms with Crippen LogP contribution in [0.5, 0.6) is 0 Å². The van der Waals surface area contributed by atoms with E-state index >= 15 is 0 Å². The molecule has 0 spiro atoms. The molecule has 1 fully saturated rings. The molecule has 1 atom stereocenters. The zero-order chi connectivity index (χ0) is 13.0. The molecule has 98 valence electrons. The molecule has 1 amide bonds. The number of alkyl halides is 1. The molecule has 0 radical (unpaired) electrons. The monoisotopic (exact) mass is 266 g/mol. The molecule has 0 aromatic heterocycles. The van der Waals surface area contributed by atoms with E-state index in [1.807, 2.05) is 24.3 Å². The van der Waals surface area contributed by atoms with E-state index in [1.165, 1.54) is 19.8 Å². The molecule has 0 bridgehead atoms. The molecule has 1 saturated heterocycles. The Bertz CT molecular complexity index is 416. The molecule has 18 heavy (non-hydrogen) atoms.